The van der Waals surface area contributed by atoms with Crippen LogP contribution in [0.25, 0.3) is 0 Å². The van der Waals surface area contributed by atoms with Crippen LogP contribution < -0.4 is 10.6 Å². The molecule has 2 atom stereocenters. The van der Waals surface area contributed by atoms with Crippen LogP contribution in [0.5, 0.6) is 0 Å². The first-order valence-corrected chi connectivity index (χ1v) is 15.8. The third kappa shape index (κ3) is 11.7. The van der Waals surface area contributed by atoms with Gasteiger partial charge in [-0.3, -0.25) is 0 Å². The van der Waals surface area contributed by atoms with Gasteiger partial charge in [-0.15, -0.1) is 0 Å². The molecule has 1 heterocycles. The van der Waals surface area contributed by atoms with Crippen molar-refractivity contribution in [2.24, 2.45) is 0 Å². The summed E-state index contributed by atoms with van der Waals surface area (Å²) in [5.41, 5.74) is 0. The van der Waals surface area contributed by atoms with Gasteiger partial charge in [0.1, 0.15) is 0 Å². The van der Waals surface area contributed by atoms with E-state index < -0.39 is 0 Å². The van der Waals surface area contributed by atoms with E-state index in [1.165, 1.54) is 29.1 Å². The maximum atomic E-state index is 5.93. The molecule has 0 spiro atoms. The van der Waals surface area contributed by atoms with Crippen LogP contribution in [0.1, 0.15) is 6.42 Å². The topological polar surface area (TPSA) is 46.2 Å². The van der Waals surface area contributed by atoms with Crippen molar-refractivity contribution in [1.82, 2.24) is 0 Å². The molecular weight excluding hydrogens is 466 g/mol. The van der Waals surface area contributed by atoms with Crippen molar-refractivity contribution in [3.8, 4) is 0 Å². The first-order valence-electron chi connectivity index (χ1n) is 12.4. The summed E-state index contributed by atoms with van der Waals surface area (Å²) in [4.78, 5) is 0. The molecule has 2 aromatic carbocycles. The van der Waals surface area contributed by atoms with Gasteiger partial charge in [0.05, 0.1) is 59.5 Å². The highest BCUT2D eigenvalue weighted by Gasteiger charge is 2.16. The van der Waals surface area contributed by atoms with Crippen molar-refractivity contribution >= 4 is 26.5 Å². The standard InChI is InChI=1S/C27H40O5P2/c1-3-8-26(9-4-1)33-22-7-12-28-13-14-29-15-16-30-17-18-31-19-20-32-21-23-34(25-24-33)27-10-5-2-6-11-27/h1-6,8-11H,7,12-25H2. The quantitative estimate of drug-likeness (QED) is 0.575. The molecule has 0 N–H and O–H groups in total. The van der Waals surface area contributed by atoms with Gasteiger partial charge in [-0.05, 0) is 41.7 Å². The monoisotopic (exact) mass is 506 g/mol. The summed E-state index contributed by atoms with van der Waals surface area (Å²) < 4.78 is 28.5. The normalized spacial score (nSPS) is 23.9. The molecule has 34 heavy (non-hydrogen) atoms. The molecule has 3 rings (SSSR count). The molecule has 188 valence electrons. The van der Waals surface area contributed by atoms with E-state index in [2.05, 4.69) is 60.7 Å². The zero-order chi connectivity index (χ0) is 23.5. The second kappa shape index (κ2) is 18.4. The summed E-state index contributed by atoms with van der Waals surface area (Å²) in [5.74, 6) is 0. The molecule has 0 saturated carbocycles. The number of rotatable bonds is 2. The molecule has 0 bridgehead atoms. The molecule has 5 nitrogen and oxygen atoms in total. The molecule has 1 saturated heterocycles. The average molecular weight is 507 g/mol. The predicted octanol–water partition coefficient (Wildman–Crippen LogP) is 4.09. The SMILES string of the molecule is c1ccc(P2CCCOCCOCCOCCOCCOCCP(c3ccccc3)CC2)cc1. The van der Waals surface area contributed by atoms with Crippen molar-refractivity contribution in [2.45, 2.75) is 6.42 Å². The highest BCUT2D eigenvalue weighted by atomic mass is 31.1. The van der Waals surface area contributed by atoms with E-state index in [0.29, 0.717) is 52.9 Å². The molecule has 0 aliphatic carbocycles. The number of ether oxygens (including phenoxy) is 5. The average Bonchev–Trinajstić information content (AvgIpc) is 2.88. The highest BCUT2D eigenvalue weighted by molar-refractivity contribution is 7.69. The second-order valence-electron chi connectivity index (χ2n) is 8.06. The van der Waals surface area contributed by atoms with Crippen LogP contribution in [-0.4, -0.2) is 90.7 Å². The Morgan fingerprint density at radius 1 is 0.382 bits per heavy atom. The van der Waals surface area contributed by atoms with Gasteiger partial charge in [-0.2, -0.15) is 0 Å². The molecule has 0 amide bonds. The van der Waals surface area contributed by atoms with Crippen molar-refractivity contribution in [3.63, 3.8) is 0 Å². The van der Waals surface area contributed by atoms with E-state index in [1.807, 2.05) is 0 Å². The lowest BCUT2D eigenvalue weighted by molar-refractivity contribution is -0.00997. The fraction of sp³-hybridized carbons (Fsp3) is 0.556. The molecule has 1 aliphatic heterocycles. The molecule has 1 fully saturated rings. The maximum absolute atomic E-state index is 5.93. The number of benzene rings is 2. The number of hydrogen-bond acceptors (Lipinski definition) is 5. The zero-order valence-electron chi connectivity index (χ0n) is 20.3. The molecule has 0 radical (unpaired) electrons. The summed E-state index contributed by atoms with van der Waals surface area (Å²) >= 11 is 0. The zero-order valence-corrected chi connectivity index (χ0v) is 22.1. The van der Waals surface area contributed by atoms with Crippen LogP contribution >= 0.6 is 15.8 Å². The van der Waals surface area contributed by atoms with E-state index in [4.69, 9.17) is 23.7 Å². The van der Waals surface area contributed by atoms with E-state index in [1.54, 1.807) is 0 Å². The van der Waals surface area contributed by atoms with Gasteiger partial charge in [0, 0.05) is 6.61 Å². The van der Waals surface area contributed by atoms with Gasteiger partial charge < -0.3 is 23.7 Å². The van der Waals surface area contributed by atoms with Crippen LogP contribution in [-0.2, 0) is 23.7 Å². The van der Waals surface area contributed by atoms with Crippen LogP contribution in [0, 0.1) is 0 Å². The third-order valence-electron chi connectivity index (χ3n) is 5.59. The van der Waals surface area contributed by atoms with Crippen LogP contribution in [0.15, 0.2) is 60.7 Å². The van der Waals surface area contributed by atoms with Gasteiger partial charge in [-0.1, -0.05) is 76.5 Å². The number of hydrogen-bond donors (Lipinski definition) is 0. The Labute approximate surface area is 208 Å². The Kier molecular flexibility index (Phi) is 15.0. The second-order valence-corrected chi connectivity index (χ2v) is 13.0. The van der Waals surface area contributed by atoms with E-state index >= 15 is 0 Å². The Hall–Kier alpha value is -0.900. The summed E-state index contributed by atoms with van der Waals surface area (Å²) in [6.45, 7) is 6.45. The summed E-state index contributed by atoms with van der Waals surface area (Å²) in [5, 5.41) is 2.99. The predicted molar refractivity (Wildman–Crippen MR) is 144 cm³/mol. The third-order valence-corrected chi connectivity index (χ3v) is 11.1. The molecule has 2 aromatic rings. The maximum Gasteiger partial charge on any atom is 0.0701 e. The van der Waals surface area contributed by atoms with E-state index in [0.717, 1.165) is 25.8 Å². The van der Waals surface area contributed by atoms with Crippen molar-refractivity contribution in [2.75, 3.05) is 90.7 Å². The minimum absolute atomic E-state index is 0.200. The molecule has 2 unspecified atom stereocenters. The Bertz CT molecular complexity index is 671. The summed E-state index contributed by atoms with van der Waals surface area (Å²) in [6.07, 6.45) is 5.90. The van der Waals surface area contributed by atoms with Crippen LogP contribution in [0.2, 0.25) is 0 Å². The highest BCUT2D eigenvalue weighted by Crippen LogP contribution is 2.42. The molecule has 7 heteroatoms. The molecule has 1 aliphatic rings. The van der Waals surface area contributed by atoms with Crippen molar-refractivity contribution < 1.29 is 23.7 Å². The fourth-order valence-electron chi connectivity index (χ4n) is 3.77. The lowest BCUT2D eigenvalue weighted by Gasteiger charge is -2.23. The lowest BCUT2D eigenvalue weighted by atomic mass is 10.4. The Morgan fingerprint density at radius 2 is 0.765 bits per heavy atom. The van der Waals surface area contributed by atoms with E-state index in [9.17, 15) is 0 Å². The van der Waals surface area contributed by atoms with Gasteiger partial charge in [0.2, 0.25) is 0 Å². The van der Waals surface area contributed by atoms with Crippen molar-refractivity contribution in [1.29, 1.82) is 0 Å². The lowest BCUT2D eigenvalue weighted by Crippen LogP contribution is -2.16. The first-order chi connectivity index (χ1) is 16.9. The molecular formula is C27H40O5P2. The minimum Gasteiger partial charge on any atom is -0.379 e. The van der Waals surface area contributed by atoms with Gasteiger partial charge >= 0.3 is 0 Å². The molecule has 0 aromatic heterocycles. The van der Waals surface area contributed by atoms with Crippen LogP contribution in [0.4, 0.5) is 0 Å². The van der Waals surface area contributed by atoms with E-state index in [-0.39, 0.29) is 15.8 Å². The summed E-state index contributed by atoms with van der Waals surface area (Å²) in [6, 6.07) is 22.1. The Morgan fingerprint density at radius 3 is 1.24 bits per heavy atom. The van der Waals surface area contributed by atoms with Gasteiger partial charge in [0.25, 0.3) is 0 Å². The van der Waals surface area contributed by atoms with Crippen LogP contribution in [0.3, 0.4) is 0 Å². The fourth-order valence-corrected chi connectivity index (χ4v) is 9.23. The smallest absolute Gasteiger partial charge is 0.0701 e. The van der Waals surface area contributed by atoms with Gasteiger partial charge in [0.15, 0.2) is 0 Å². The van der Waals surface area contributed by atoms with Gasteiger partial charge in [-0.25, -0.2) is 0 Å². The van der Waals surface area contributed by atoms with Crippen molar-refractivity contribution in [3.05, 3.63) is 60.7 Å². The minimum atomic E-state index is -0.245. The largest absolute Gasteiger partial charge is 0.379 e. The first kappa shape index (κ1) is 27.7. The summed E-state index contributed by atoms with van der Waals surface area (Å²) in [7, 11) is -0.446. The Balaban J connectivity index is 1.58.